The van der Waals surface area contributed by atoms with Gasteiger partial charge in [-0.3, -0.25) is 15.1 Å². The summed E-state index contributed by atoms with van der Waals surface area (Å²) in [5, 5.41) is 14.2. The summed E-state index contributed by atoms with van der Waals surface area (Å²) in [4.78, 5) is 21.0. The largest absolute Gasteiger partial charge is 0.370 e. The minimum atomic E-state index is -0.0118. The number of fused-ring (bicyclic) bond motifs is 1. The molecule has 9 heteroatoms. The highest BCUT2D eigenvalue weighted by molar-refractivity contribution is 6.35. The fourth-order valence-corrected chi connectivity index (χ4v) is 6.85. The number of guanidine groups is 1. The summed E-state index contributed by atoms with van der Waals surface area (Å²) in [5.41, 5.74) is 7.68. The average molecular weight is 640 g/mol. The van der Waals surface area contributed by atoms with E-state index < -0.39 is 0 Å². The lowest BCUT2D eigenvalue weighted by atomic mass is 9.93. The van der Waals surface area contributed by atoms with Gasteiger partial charge in [0.2, 0.25) is 5.91 Å². The summed E-state index contributed by atoms with van der Waals surface area (Å²) in [6.45, 7) is 7.48. The molecular formula is C35H48Cl2N6O. The Morgan fingerprint density at radius 1 is 1.05 bits per heavy atom. The first-order valence-corrected chi connectivity index (χ1v) is 16.4. The number of piperazine rings is 1. The molecule has 0 saturated carbocycles. The smallest absolute Gasteiger partial charge is 0.227 e. The van der Waals surface area contributed by atoms with Gasteiger partial charge in [-0.1, -0.05) is 85.6 Å². The van der Waals surface area contributed by atoms with Crippen LogP contribution in [0.1, 0.15) is 44.2 Å². The van der Waals surface area contributed by atoms with Gasteiger partial charge in [0.15, 0.2) is 5.96 Å². The lowest BCUT2D eigenvalue weighted by molar-refractivity contribution is -0.138. The Balaban J connectivity index is 1.56. The molecule has 1 heterocycles. The summed E-state index contributed by atoms with van der Waals surface area (Å²) >= 11 is 12.8. The number of benzene rings is 3. The van der Waals surface area contributed by atoms with Gasteiger partial charge in [0.1, 0.15) is 0 Å². The highest BCUT2D eigenvalue weighted by atomic mass is 35.5. The SMILES string of the molecule is CC(C)C[C@@H]1CN(C[C@@H](Cc2ccc(Cl)cc2Cl)N(C)C)[C@@H](CCCNC(=N)N)CN1C(=O)Cc1ccc2ccccc2c1. The molecule has 7 nitrogen and oxygen atoms in total. The van der Waals surface area contributed by atoms with E-state index in [9.17, 15) is 4.79 Å². The number of carbonyl (C=O) groups excluding carboxylic acids is 1. The highest BCUT2D eigenvalue weighted by Crippen LogP contribution is 2.28. The second-order valence-corrected chi connectivity index (χ2v) is 13.7. The van der Waals surface area contributed by atoms with Crippen molar-refractivity contribution in [3.05, 3.63) is 81.8 Å². The third kappa shape index (κ3) is 9.58. The van der Waals surface area contributed by atoms with Gasteiger partial charge in [0, 0.05) is 54.3 Å². The van der Waals surface area contributed by atoms with Gasteiger partial charge in [-0.05, 0) is 79.7 Å². The van der Waals surface area contributed by atoms with Gasteiger partial charge >= 0.3 is 0 Å². The normalized spacial score (nSPS) is 18.2. The Hall–Kier alpha value is -2.84. The maximum Gasteiger partial charge on any atom is 0.227 e. The number of amides is 1. The zero-order chi connectivity index (χ0) is 31.8. The Labute approximate surface area is 273 Å². The maximum absolute atomic E-state index is 14.0. The summed E-state index contributed by atoms with van der Waals surface area (Å²) in [6, 6.07) is 20.9. The number of rotatable bonds is 13. The first kappa shape index (κ1) is 34.0. The zero-order valence-corrected chi connectivity index (χ0v) is 28.0. The van der Waals surface area contributed by atoms with Crippen LogP contribution < -0.4 is 11.1 Å². The molecular weight excluding hydrogens is 591 g/mol. The topological polar surface area (TPSA) is 88.7 Å². The van der Waals surface area contributed by atoms with E-state index in [1.165, 1.54) is 5.39 Å². The number of hydrogen-bond donors (Lipinski definition) is 3. The lowest BCUT2D eigenvalue weighted by Crippen LogP contribution is -2.62. The van der Waals surface area contributed by atoms with Crippen LogP contribution in [0.2, 0.25) is 10.0 Å². The van der Waals surface area contributed by atoms with Crippen molar-refractivity contribution in [2.45, 2.75) is 64.1 Å². The third-order valence-electron chi connectivity index (χ3n) is 8.72. The number of nitrogens with one attached hydrogen (secondary N) is 2. The number of nitrogens with zero attached hydrogens (tertiary/aromatic N) is 3. The molecule has 0 radical (unpaired) electrons. The minimum absolute atomic E-state index is 0.0118. The Bertz CT molecular complexity index is 1410. The van der Waals surface area contributed by atoms with Crippen molar-refractivity contribution in [2.75, 3.05) is 40.3 Å². The van der Waals surface area contributed by atoms with Crippen LogP contribution in [-0.4, -0.2) is 85.0 Å². The molecule has 44 heavy (non-hydrogen) atoms. The molecule has 4 rings (SSSR count). The highest BCUT2D eigenvalue weighted by Gasteiger charge is 2.37. The van der Waals surface area contributed by atoms with Gasteiger partial charge in [0.25, 0.3) is 0 Å². The number of likely N-dealkylation sites (N-methyl/N-ethyl adjacent to an activating group) is 1. The van der Waals surface area contributed by atoms with E-state index in [1.807, 2.05) is 30.3 Å². The molecule has 0 aromatic heterocycles. The molecule has 0 bridgehead atoms. The van der Waals surface area contributed by atoms with E-state index in [1.54, 1.807) is 0 Å². The van der Waals surface area contributed by atoms with Crippen LogP contribution in [0.15, 0.2) is 60.7 Å². The number of halogens is 2. The molecule has 0 unspecified atom stereocenters. The Kier molecular flexibility index (Phi) is 12.3. The fourth-order valence-electron chi connectivity index (χ4n) is 6.37. The van der Waals surface area contributed by atoms with Crippen LogP contribution >= 0.6 is 23.2 Å². The van der Waals surface area contributed by atoms with E-state index >= 15 is 0 Å². The van der Waals surface area contributed by atoms with Crippen LogP contribution in [0.3, 0.4) is 0 Å². The molecule has 3 aromatic carbocycles. The standard InChI is InChI=1S/C35H48Cl2N6O/c1-24(2)16-32-22-42(21-31(41(3)4)19-28-13-14-29(36)20-33(28)37)30(10-7-15-40-35(38)39)23-43(32)34(44)18-25-11-12-26-8-5-6-9-27(26)17-25/h5-6,8-9,11-14,17,20,24,30-32H,7,10,15-16,18-19,21-23H2,1-4H3,(H4,38,39,40)/t30-,31+,32+/m0/s1. The first-order valence-electron chi connectivity index (χ1n) is 15.7. The summed E-state index contributed by atoms with van der Waals surface area (Å²) < 4.78 is 0. The third-order valence-corrected chi connectivity index (χ3v) is 9.31. The van der Waals surface area contributed by atoms with Crippen molar-refractivity contribution in [1.29, 1.82) is 5.41 Å². The molecule has 0 spiro atoms. The van der Waals surface area contributed by atoms with Crippen LogP contribution in [-0.2, 0) is 17.6 Å². The number of nitrogens with two attached hydrogens (primary N) is 1. The lowest BCUT2D eigenvalue weighted by Gasteiger charge is -2.48. The Morgan fingerprint density at radius 3 is 2.48 bits per heavy atom. The molecule has 1 aliphatic heterocycles. The molecule has 1 fully saturated rings. The molecule has 4 N–H and O–H groups in total. The maximum atomic E-state index is 14.0. The predicted molar refractivity (Wildman–Crippen MR) is 185 cm³/mol. The minimum Gasteiger partial charge on any atom is -0.370 e. The fraction of sp³-hybridized carbons (Fsp3) is 0.486. The van der Waals surface area contributed by atoms with E-state index in [-0.39, 0.29) is 30.0 Å². The molecule has 3 aromatic rings. The monoisotopic (exact) mass is 638 g/mol. The van der Waals surface area contributed by atoms with Crippen LogP contribution in [0.5, 0.6) is 0 Å². The van der Waals surface area contributed by atoms with Gasteiger partial charge in [-0.15, -0.1) is 0 Å². The quantitative estimate of drug-likeness (QED) is 0.120. The molecule has 0 aliphatic carbocycles. The number of hydrogen-bond acceptors (Lipinski definition) is 4. The van der Waals surface area contributed by atoms with Crippen LogP contribution in [0.25, 0.3) is 10.8 Å². The zero-order valence-electron chi connectivity index (χ0n) is 26.5. The average Bonchev–Trinajstić information content (AvgIpc) is 2.96. The molecule has 238 valence electrons. The number of carbonyl (C=O) groups is 1. The Morgan fingerprint density at radius 2 is 1.80 bits per heavy atom. The van der Waals surface area contributed by atoms with E-state index in [4.69, 9.17) is 34.3 Å². The van der Waals surface area contributed by atoms with E-state index in [0.717, 1.165) is 55.3 Å². The van der Waals surface area contributed by atoms with Gasteiger partial charge in [0.05, 0.1) is 6.42 Å². The van der Waals surface area contributed by atoms with Crippen LogP contribution in [0, 0.1) is 11.3 Å². The second kappa shape index (κ2) is 15.9. The summed E-state index contributed by atoms with van der Waals surface area (Å²) in [5.74, 6) is 0.642. The first-order chi connectivity index (χ1) is 21.0. The summed E-state index contributed by atoms with van der Waals surface area (Å²) in [6.07, 6.45) is 3.91. The van der Waals surface area contributed by atoms with E-state index in [2.05, 4.69) is 78.3 Å². The van der Waals surface area contributed by atoms with Crippen molar-refractivity contribution in [3.63, 3.8) is 0 Å². The van der Waals surface area contributed by atoms with Gasteiger partial charge < -0.3 is 20.9 Å². The van der Waals surface area contributed by atoms with Crippen LogP contribution in [0.4, 0.5) is 0 Å². The summed E-state index contributed by atoms with van der Waals surface area (Å²) in [7, 11) is 4.24. The molecule has 1 amide bonds. The predicted octanol–water partition coefficient (Wildman–Crippen LogP) is 6.05. The molecule has 3 atom stereocenters. The van der Waals surface area contributed by atoms with Crippen molar-refractivity contribution in [2.24, 2.45) is 11.7 Å². The molecule has 1 aliphatic rings. The molecule has 1 saturated heterocycles. The van der Waals surface area contributed by atoms with Crippen molar-refractivity contribution >= 4 is 45.8 Å². The van der Waals surface area contributed by atoms with Crippen molar-refractivity contribution in [3.8, 4) is 0 Å². The van der Waals surface area contributed by atoms with Gasteiger partial charge in [-0.25, -0.2) is 0 Å². The van der Waals surface area contributed by atoms with Crippen molar-refractivity contribution in [1.82, 2.24) is 20.0 Å². The van der Waals surface area contributed by atoms with E-state index in [0.29, 0.717) is 35.5 Å². The van der Waals surface area contributed by atoms with Crippen molar-refractivity contribution < 1.29 is 4.79 Å². The second-order valence-electron chi connectivity index (χ2n) is 12.8. The van der Waals surface area contributed by atoms with Gasteiger partial charge in [-0.2, -0.15) is 0 Å².